The number of esters is 3. The summed E-state index contributed by atoms with van der Waals surface area (Å²) in [5.41, 5.74) is 0. The first-order valence-corrected chi connectivity index (χ1v) is 17.7. The standard InChI is InChI=1S/C21H39O18P3/c1-4-7-10-13(22)34-16-17(35-14(23)11-8-5-2)19(37-40(25,26)27)21(39-42(31,32)33)20(38-41(28,29)30)18(16)36-15(24)12-9-6-3/h16-21H,4-12H2,1-3H3,(H2,25,26,27)(H2,28,29,30)(H2,31,32,33)/t16-,17-,18+,19-,20-,21-/m0/s1. The van der Waals surface area contributed by atoms with Gasteiger partial charge in [-0.05, 0) is 19.3 Å². The first kappa shape index (κ1) is 38.8. The van der Waals surface area contributed by atoms with Gasteiger partial charge in [0.25, 0.3) is 0 Å². The van der Waals surface area contributed by atoms with Crippen LogP contribution in [-0.2, 0) is 55.9 Å². The fourth-order valence-corrected chi connectivity index (χ4v) is 5.63. The van der Waals surface area contributed by atoms with Crippen molar-refractivity contribution in [3.8, 4) is 0 Å². The first-order chi connectivity index (χ1) is 19.3. The zero-order valence-electron chi connectivity index (χ0n) is 23.3. The van der Waals surface area contributed by atoms with Gasteiger partial charge in [-0.25, -0.2) is 13.7 Å². The van der Waals surface area contributed by atoms with Crippen LogP contribution in [0.25, 0.3) is 0 Å². The average molecular weight is 672 g/mol. The summed E-state index contributed by atoms with van der Waals surface area (Å²) in [6, 6.07) is 0. The molecule has 0 amide bonds. The van der Waals surface area contributed by atoms with Crippen LogP contribution in [0.2, 0.25) is 0 Å². The van der Waals surface area contributed by atoms with Gasteiger partial charge in [-0.3, -0.25) is 28.0 Å². The molecule has 1 aliphatic rings. The lowest BCUT2D eigenvalue weighted by Crippen LogP contribution is -2.67. The van der Waals surface area contributed by atoms with E-state index in [1.165, 1.54) is 0 Å². The smallest absolute Gasteiger partial charge is 0.455 e. The fraction of sp³-hybridized carbons (Fsp3) is 0.857. The van der Waals surface area contributed by atoms with Gasteiger partial charge in [-0.1, -0.05) is 40.0 Å². The second-order valence-corrected chi connectivity index (χ2v) is 12.9. The van der Waals surface area contributed by atoms with Gasteiger partial charge in [0.1, 0.15) is 18.3 Å². The van der Waals surface area contributed by atoms with Gasteiger partial charge < -0.3 is 43.6 Å². The summed E-state index contributed by atoms with van der Waals surface area (Å²) < 4.78 is 65.8. The zero-order valence-corrected chi connectivity index (χ0v) is 25.9. The van der Waals surface area contributed by atoms with Crippen molar-refractivity contribution in [2.24, 2.45) is 0 Å². The van der Waals surface area contributed by atoms with Gasteiger partial charge in [-0.15, -0.1) is 0 Å². The molecule has 6 atom stereocenters. The Morgan fingerprint density at radius 1 is 0.476 bits per heavy atom. The Balaban J connectivity index is 3.93. The van der Waals surface area contributed by atoms with E-state index in [-0.39, 0.29) is 38.5 Å². The highest BCUT2D eigenvalue weighted by molar-refractivity contribution is 7.47. The van der Waals surface area contributed by atoms with Crippen molar-refractivity contribution in [3.05, 3.63) is 0 Å². The fourth-order valence-electron chi connectivity index (χ4n) is 3.96. The molecule has 18 nitrogen and oxygen atoms in total. The number of rotatable bonds is 18. The summed E-state index contributed by atoms with van der Waals surface area (Å²) in [5, 5.41) is 0. The van der Waals surface area contributed by atoms with Gasteiger partial charge in [0.2, 0.25) is 0 Å². The van der Waals surface area contributed by atoms with Crippen LogP contribution in [0.15, 0.2) is 0 Å². The van der Waals surface area contributed by atoms with Crippen LogP contribution in [0.1, 0.15) is 78.6 Å². The predicted molar refractivity (Wildman–Crippen MR) is 139 cm³/mol. The van der Waals surface area contributed by atoms with Crippen molar-refractivity contribution in [1.29, 1.82) is 0 Å². The summed E-state index contributed by atoms with van der Waals surface area (Å²) in [5.74, 6) is -3.10. The molecule has 0 unspecified atom stereocenters. The highest BCUT2D eigenvalue weighted by atomic mass is 31.2. The molecule has 0 bridgehead atoms. The zero-order chi connectivity index (χ0) is 32.3. The molecule has 0 aromatic rings. The monoisotopic (exact) mass is 672 g/mol. The Labute approximate surface area is 242 Å². The Morgan fingerprint density at radius 3 is 0.905 bits per heavy atom. The third kappa shape index (κ3) is 14.5. The van der Waals surface area contributed by atoms with Crippen molar-refractivity contribution in [1.82, 2.24) is 0 Å². The topological polar surface area (TPSA) is 279 Å². The largest absolute Gasteiger partial charge is 0.470 e. The third-order valence-corrected chi connectivity index (χ3v) is 7.28. The number of phosphoric ester groups is 3. The molecule has 0 spiro atoms. The minimum Gasteiger partial charge on any atom is -0.455 e. The normalized spacial score (nSPS) is 25.1. The average Bonchev–Trinajstić information content (AvgIpc) is 2.84. The third-order valence-electron chi connectivity index (χ3n) is 5.73. The molecular formula is C21H39O18P3. The Kier molecular flexibility index (Phi) is 16.0. The molecule has 246 valence electrons. The van der Waals surface area contributed by atoms with Gasteiger partial charge in [-0.2, -0.15) is 0 Å². The van der Waals surface area contributed by atoms with E-state index in [0.717, 1.165) is 0 Å². The maximum atomic E-state index is 12.7. The van der Waals surface area contributed by atoms with Crippen LogP contribution in [0, 0.1) is 0 Å². The molecule has 0 saturated heterocycles. The summed E-state index contributed by atoms with van der Waals surface area (Å²) in [7, 11) is -17.1. The molecule has 1 fully saturated rings. The molecule has 1 saturated carbocycles. The second kappa shape index (κ2) is 17.3. The highest BCUT2D eigenvalue weighted by Gasteiger charge is 2.62. The number of unbranched alkanes of at least 4 members (excludes halogenated alkanes) is 3. The summed E-state index contributed by atoms with van der Waals surface area (Å²) in [6.45, 7) is 5.19. The molecule has 1 aliphatic carbocycles. The van der Waals surface area contributed by atoms with Crippen LogP contribution in [-0.4, -0.2) is 83.9 Å². The maximum Gasteiger partial charge on any atom is 0.470 e. The van der Waals surface area contributed by atoms with Crippen molar-refractivity contribution in [3.63, 3.8) is 0 Å². The van der Waals surface area contributed by atoms with Crippen LogP contribution in [0.5, 0.6) is 0 Å². The molecule has 0 aromatic carbocycles. The van der Waals surface area contributed by atoms with E-state index in [1.54, 1.807) is 20.8 Å². The molecule has 21 heteroatoms. The van der Waals surface area contributed by atoms with Crippen LogP contribution in [0.3, 0.4) is 0 Å². The van der Waals surface area contributed by atoms with Crippen molar-refractivity contribution >= 4 is 41.4 Å². The van der Waals surface area contributed by atoms with Gasteiger partial charge >= 0.3 is 41.4 Å². The summed E-state index contributed by atoms with van der Waals surface area (Å²) >= 11 is 0. The minimum atomic E-state index is -5.71. The Morgan fingerprint density at radius 2 is 0.690 bits per heavy atom. The van der Waals surface area contributed by atoms with Crippen LogP contribution in [0.4, 0.5) is 0 Å². The molecule has 0 aliphatic heterocycles. The van der Waals surface area contributed by atoms with Crippen molar-refractivity contribution in [2.45, 2.75) is 115 Å². The second-order valence-electron chi connectivity index (χ2n) is 9.36. The maximum absolute atomic E-state index is 12.7. The molecule has 0 radical (unpaired) electrons. The van der Waals surface area contributed by atoms with Gasteiger partial charge in [0.15, 0.2) is 18.3 Å². The molecule has 0 aromatic heterocycles. The SMILES string of the molecule is CCCCC(=O)O[C@@H]1[C@@H](OC(=O)CCCC)[C@H](OP(=O)(O)O)[C@@H](OP(=O)(O)O)[C@@H](OP(=O)(O)O)[C@H]1OC(=O)CCCC. The van der Waals surface area contributed by atoms with E-state index < -0.39 is 78.0 Å². The summed E-state index contributed by atoms with van der Waals surface area (Å²) in [6.07, 6.45) is -12.5. The van der Waals surface area contributed by atoms with Gasteiger partial charge in [0, 0.05) is 19.3 Å². The van der Waals surface area contributed by atoms with Crippen molar-refractivity contribution < 1.29 is 85.2 Å². The van der Waals surface area contributed by atoms with Crippen LogP contribution >= 0.6 is 23.5 Å². The molecular weight excluding hydrogens is 633 g/mol. The van der Waals surface area contributed by atoms with E-state index in [2.05, 4.69) is 13.6 Å². The van der Waals surface area contributed by atoms with E-state index in [1.807, 2.05) is 0 Å². The molecule has 42 heavy (non-hydrogen) atoms. The van der Waals surface area contributed by atoms with Crippen LogP contribution < -0.4 is 0 Å². The molecule has 6 N–H and O–H groups in total. The lowest BCUT2D eigenvalue weighted by atomic mass is 9.84. The molecule has 1 rings (SSSR count). The number of carbonyl (C=O) groups excluding carboxylic acids is 3. The van der Waals surface area contributed by atoms with Crippen molar-refractivity contribution in [2.75, 3.05) is 0 Å². The number of ether oxygens (including phenoxy) is 3. The predicted octanol–water partition coefficient (Wildman–Crippen LogP) is 1.74. The van der Waals surface area contributed by atoms with Gasteiger partial charge in [0.05, 0.1) is 0 Å². The minimum absolute atomic E-state index is 0.254. The quantitative estimate of drug-likeness (QED) is 0.0687. The summed E-state index contributed by atoms with van der Waals surface area (Å²) in [4.78, 5) is 95.6. The Hall–Kier alpha value is -1.26. The Bertz CT molecular complexity index is 975. The highest BCUT2D eigenvalue weighted by Crippen LogP contribution is 2.51. The van der Waals surface area contributed by atoms with E-state index >= 15 is 0 Å². The van der Waals surface area contributed by atoms with E-state index in [9.17, 15) is 57.4 Å². The number of carbonyl (C=O) groups is 3. The number of phosphoric acid groups is 3. The van der Waals surface area contributed by atoms with E-state index in [0.29, 0.717) is 19.3 Å². The number of hydrogen-bond donors (Lipinski definition) is 6. The molecule has 0 heterocycles. The van der Waals surface area contributed by atoms with E-state index in [4.69, 9.17) is 14.2 Å². The lowest BCUT2D eigenvalue weighted by Gasteiger charge is -2.47. The first-order valence-electron chi connectivity index (χ1n) is 13.1. The lowest BCUT2D eigenvalue weighted by molar-refractivity contribution is -0.241. The number of hydrogen-bond acceptors (Lipinski definition) is 12.